The summed E-state index contributed by atoms with van der Waals surface area (Å²) in [6, 6.07) is -1.85. The molecule has 0 aliphatic heterocycles. The van der Waals surface area contributed by atoms with Crippen LogP contribution in [0.5, 0.6) is 0 Å². The highest BCUT2D eigenvalue weighted by Crippen LogP contribution is 2.22. The number of aliphatic carboxylic acids is 4. The average Bonchev–Trinajstić information content (AvgIpc) is 2.34. The minimum absolute atomic E-state index is 0.229. The summed E-state index contributed by atoms with van der Waals surface area (Å²) in [7, 11) is 2.41. The maximum absolute atomic E-state index is 10.3. The first kappa shape index (κ1) is 20.8. The smallest absolute Gasteiger partial charge is 0.414 e. The minimum Gasteiger partial charge on any atom is -0.480 e. The zero-order chi connectivity index (χ0) is 16.3. The van der Waals surface area contributed by atoms with E-state index in [-0.39, 0.29) is 11.5 Å². The highest BCUT2D eigenvalue weighted by Gasteiger charge is 2.14. The third-order valence-corrected chi connectivity index (χ3v) is 3.87. The van der Waals surface area contributed by atoms with Crippen LogP contribution in [0.2, 0.25) is 0 Å². The summed E-state index contributed by atoms with van der Waals surface area (Å²) in [6.07, 6.45) is 0. The quantitative estimate of drug-likeness (QED) is 0.176. The highest BCUT2D eigenvalue weighted by molar-refractivity contribution is 8.76. The number of rotatable bonds is 7. The lowest BCUT2D eigenvalue weighted by atomic mass is 10.4. The summed E-state index contributed by atoms with van der Waals surface area (Å²) < 4.78 is 0. The van der Waals surface area contributed by atoms with Gasteiger partial charge >= 0.3 is 23.9 Å². The molecule has 0 saturated carbocycles. The molecule has 0 bridgehead atoms. The summed E-state index contributed by atoms with van der Waals surface area (Å²) in [6.45, 7) is 0. The van der Waals surface area contributed by atoms with Gasteiger partial charge in [0, 0.05) is 11.5 Å². The second-order valence-corrected chi connectivity index (χ2v) is 5.62. The Hall–Kier alpha value is -1.50. The number of carboxylic acids is 4. The Morgan fingerprint density at radius 3 is 1.15 bits per heavy atom. The van der Waals surface area contributed by atoms with E-state index in [2.05, 4.69) is 0 Å². The molecule has 0 aromatic heterocycles. The molecule has 0 amide bonds. The van der Waals surface area contributed by atoms with E-state index in [1.165, 1.54) is 21.6 Å². The van der Waals surface area contributed by atoms with Crippen molar-refractivity contribution in [2.24, 2.45) is 11.5 Å². The molecule has 0 aromatic carbocycles. The van der Waals surface area contributed by atoms with Crippen molar-refractivity contribution in [3.8, 4) is 0 Å². The first-order valence-corrected chi connectivity index (χ1v) is 7.25. The molecule has 2 atom stereocenters. The van der Waals surface area contributed by atoms with Crippen molar-refractivity contribution in [3.63, 3.8) is 0 Å². The number of nitrogens with two attached hydrogens (primary N) is 2. The zero-order valence-corrected chi connectivity index (χ0v) is 11.6. The summed E-state index contributed by atoms with van der Waals surface area (Å²) in [4.78, 5) is 38.7. The maximum Gasteiger partial charge on any atom is 0.414 e. The Bertz CT molecular complexity index is 330. The summed E-state index contributed by atoms with van der Waals surface area (Å²) in [5.74, 6) is -5.33. The SMILES string of the molecule is NC(CSSCC(N)C(=O)O)C(=O)O.O=C(O)C(=O)O. The Kier molecular flexibility index (Phi) is 11.8. The van der Waals surface area contributed by atoms with E-state index in [1.54, 1.807) is 0 Å². The maximum atomic E-state index is 10.3. The average molecular weight is 330 g/mol. The molecule has 2 unspecified atom stereocenters. The lowest BCUT2D eigenvalue weighted by Crippen LogP contribution is -2.33. The standard InChI is InChI=1S/C6H12N2O4S2.C2H2O4/c7-3(5(9)10)1-13-14-2-4(8)6(11)12;3-1(4)2(5)6/h3-4H,1-2,7-8H2,(H,9,10)(H,11,12);(H,3,4)(H,5,6). The van der Waals surface area contributed by atoms with Gasteiger partial charge in [0.15, 0.2) is 0 Å². The van der Waals surface area contributed by atoms with E-state index in [4.69, 9.17) is 41.5 Å². The van der Waals surface area contributed by atoms with Gasteiger partial charge in [-0.3, -0.25) is 9.59 Å². The van der Waals surface area contributed by atoms with E-state index in [0.29, 0.717) is 0 Å². The number of carboxylic acid groups (broad SMARTS) is 4. The highest BCUT2D eigenvalue weighted by atomic mass is 33.1. The van der Waals surface area contributed by atoms with Crippen LogP contribution in [-0.4, -0.2) is 67.9 Å². The van der Waals surface area contributed by atoms with E-state index in [1.807, 2.05) is 0 Å². The van der Waals surface area contributed by atoms with Crippen LogP contribution in [0.1, 0.15) is 0 Å². The van der Waals surface area contributed by atoms with Crippen LogP contribution >= 0.6 is 21.6 Å². The normalized spacial score (nSPS) is 12.5. The molecular weight excluding hydrogens is 316 g/mol. The summed E-state index contributed by atoms with van der Waals surface area (Å²) in [5, 5.41) is 31.6. The zero-order valence-electron chi connectivity index (χ0n) is 9.96. The fraction of sp³-hybridized carbons (Fsp3) is 0.500. The Labute approximate surface area is 120 Å². The molecule has 0 saturated heterocycles. The number of hydrogen-bond acceptors (Lipinski definition) is 8. The molecule has 8 N–H and O–H groups in total. The molecule has 0 heterocycles. The fourth-order valence-corrected chi connectivity index (χ4v) is 2.61. The molecule has 0 aliphatic carbocycles. The molecule has 10 nitrogen and oxygen atoms in total. The Balaban J connectivity index is 0. The van der Waals surface area contributed by atoms with Crippen LogP contribution < -0.4 is 11.5 Å². The van der Waals surface area contributed by atoms with Crippen LogP contribution in [0.4, 0.5) is 0 Å². The first-order chi connectivity index (χ1) is 9.09. The van der Waals surface area contributed by atoms with Gasteiger partial charge in [0.25, 0.3) is 0 Å². The van der Waals surface area contributed by atoms with Gasteiger partial charge in [-0.2, -0.15) is 0 Å². The second-order valence-electron chi connectivity index (χ2n) is 3.07. The lowest BCUT2D eigenvalue weighted by molar-refractivity contribution is -0.159. The van der Waals surface area contributed by atoms with Crippen molar-refractivity contribution in [1.29, 1.82) is 0 Å². The topological polar surface area (TPSA) is 201 Å². The molecule has 116 valence electrons. The molecule has 0 rings (SSSR count). The van der Waals surface area contributed by atoms with Gasteiger partial charge in [-0.25, -0.2) is 9.59 Å². The molecular formula is C8H14N2O8S2. The molecule has 0 aliphatic rings. The van der Waals surface area contributed by atoms with Gasteiger partial charge in [0.1, 0.15) is 12.1 Å². The van der Waals surface area contributed by atoms with Gasteiger partial charge < -0.3 is 31.9 Å². The minimum atomic E-state index is -1.82. The second kappa shape index (κ2) is 11.3. The van der Waals surface area contributed by atoms with E-state index in [9.17, 15) is 9.59 Å². The molecule has 0 aromatic rings. The first-order valence-electron chi connectivity index (χ1n) is 4.77. The third kappa shape index (κ3) is 12.9. The predicted molar refractivity (Wildman–Crippen MR) is 71.4 cm³/mol. The summed E-state index contributed by atoms with van der Waals surface area (Å²) >= 11 is 0. The van der Waals surface area contributed by atoms with Crippen molar-refractivity contribution in [3.05, 3.63) is 0 Å². The van der Waals surface area contributed by atoms with Crippen LogP contribution in [0.15, 0.2) is 0 Å². The van der Waals surface area contributed by atoms with E-state index in [0.717, 1.165) is 0 Å². The molecule has 0 spiro atoms. The van der Waals surface area contributed by atoms with Crippen molar-refractivity contribution >= 4 is 45.5 Å². The van der Waals surface area contributed by atoms with Gasteiger partial charge in [-0.15, -0.1) is 0 Å². The van der Waals surface area contributed by atoms with E-state index >= 15 is 0 Å². The fourth-order valence-electron chi connectivity index (χ4n) is 0.385. The van der Waals surface area contributed by atoms with Gasteiger partial charge in [0.2, 0.25) is 0 Å². The lowest BCUT2D eigenvalue weighted by Gasteiger charge is -2.07. The number of carbonyl (C=O) groups is 4. The van der Waals surface area contributed by atoms with Crippen molar-refractivity contribution in [2.45, 2.75) is 12.1 Å². The molecule has 0 radical (unpaired) electrons. The number of hydrogen-bond donors (Lipinski definition) is 6. The Morgan fingerprint density at radius 1 is 0.750 bits per heavy atom. The van der Waals surface area contributed by atoms with E-state index < -0.39 is 36.0 Å². The van der Waals surface area contributed by atoms with Crippen molar-refractivity contribution < 1.29 is 39.6 Å². The van der Waals surface area contributed by atoms with Gasteiger partial charge in [0.05, 0.1) is 0 Å². The molecule has 20 heavy (non-hydrogen) atoms. The van der Waals surface area contributed by atoms with Gasteiger partial charge in [-0.05, 0) is 0 Å². The largest absolute Gasteiger partial charge is 0.480 e. The predicted octanol–water partition coefficient (Wildman–Crippen LogP) is -1.65. The van der Waals surface area contributed by atoms with Crippen LogP contribution in [0.3, 0.4) is 0 Å². The van der Waals surface area contributed by atoms with Crippen LogP contribution in [0, 0.1) is 0 Å². The Morgan fingerprint density at radius 2 is 1.00 bits per heavy atom. The van der Waals surface area contributed by atoms with Crippen LogP contribution in [0.25, 0.3) is 0 Å². The van der Waals surface area contributed by atoms with Crippen LogP contribution in [-0.2, 0) is 19.2 Å². The van der Waals surface area contributed by atoms with Crippen molar-refractivity contribution in [1.82, 2.24) is 0 Å². The van der Waals surface area contributed by atoms with Crippen molar-refractivity contribution in [2.75, 3.05) is 11.5 Å². The van der Waals surface area contributed by atoms with Gasteiger partial charge in [-0.1, -0.05) is 21.6 Å². The molecule has 12 heteroatoms. The monoisotopic (exact) mass is 330 g/mol. The third-order valence-electron chi connectivity index (χ3n) is 1.40. The molecule has 0 fully saturated rings. The summed E-state index contributed by atoms with van der Waals surface area (Å²) in [5.41, 5.74) is 10.4.